The maximum absolute atomic E-state index is 4.75. The van der Waals surface area contributed by atoms with Crippen molar-refractivity contribution in [2.75, 3.05) is 18.8 Å². The first-order valence-electron chi connectivity index (χ1n) is 7.11. The molecule has 1 spiro atoms. The van der Waals surface area contributed by atoms with Crippen LogP contribution in [0.1, 0.15) is 52.4 Å². The van der Waals surface area contributed by atoms with E-state index in [4.69, 9.17) is 4.99 Å². The van der Waals surface area contributed by atoms with Crippen LogP contribution in [0.4, 0.5) is 0 Å². The fourth-order valence-electron chi connectivity index (χ4n) is 2.79. The zero-order valence-corrected chi connectivity index (χ0v) is 12.1. The molecule has 1 aliphatic carbocycles. The van der Waals surface area contributed by atoms with Crippen LogP contribution >= 0.6 is 11.8 Å². The van der Waals surface area contributed by atoms with E-state index in [1.807, 2.05) is 11.8 Å². The molecule has 1 N–H and O–H groups in total. The SMILES string of the molecule is CC(C)CCCNC1=NCC2(CCCC2)CS1. The van der Waals surface area contributed by atoms with Crippen LogP contribution in [0.5, 0.6) is 0 Å². The largest absolute Gasteiger partial charge is 0.365 e. The lowest BCUT2D eigenvalue weighted by atomic mass is 9.89. The second-order valence-corrected chi connectivity index (χ2v) is 7.04. The molecular formula is C14H26N2S. The van der Waals surface area contributed by atoms with Crippen molar-refractivity contribution >= 4 is 16.9 Å². The lowest BCUT2D eigenvalue weighted by Gasteiger charge is -2.31. The van der Waals surface area contributed by atoms with Crippen LogP contribution in [0.15, 0.2) is 4.99 Å². The third-order valence-electron chi connectivity index (χ3n) is 3.97. The van der Waals surface area contributed by atoms with Crippen molar-refractivity contribution in [2.45, 2.75) is 52.4 Å². The van der Waals surface area contributed by atoms with Crippen molar-refractivity contribution in [3.05, 3.63) is 0 Å². The predicted molar refractivity (Wildman–Crippen MR) is 77.7 cm³/mol. The van der Waals surface area contributed by atoms with Gasteiger partial charge in [0.2, 0.25) is 0 Å². The van der Waals surface area contributed by atoms with Gasteiger partial charge < -0.3 is 5.32 Å². The molecule has 0 atom stereocenters. The molecule has 3 heteroatoms. The monoisotopic (exact) mass is 254 g/mol. The standard InChI is InChI=1S/C14H26N2S/c1-12(2)6-5-9-15-13-16-10-14(11-17-13)7-3-4-8-14/h12H,3-11H2,1-2H3,(H,15,16). The van der Waals surface area contributed by atoms with E-state index in [0.717, 1.165) is 19.0 Å². The molecule has 0 aromatic heterocycles. The molecule has 0 bridgehead atoms. The highest BCUT2D eigenvalue weighted by molar-refractivity contribution is 8.13. The summed E-state index contributed by atoms with van der Waals surface area (Å²) in [5, 5.41) is 4.70. The van der Waals surface area contributed by atoms with Gasteiger partial charge in [0.15, 0.2) is 5.17 Å². The molecule has 0 aromatic carbocycles. The minimum Gasteiger partial charge on any atom is -0.365 e. The summed E-state index contributed by atoms with van der Waals surface area (Å²) in [4.78, 5) is 4.75. The van der Waals surface area contributed by atoms with Crippen molar-refractivity contribution in [1.29, 1.82) is 0 Å². The minimum absolute atomic E-state index is 0.577. The Morgan fingerprint density at radius 2 is 2.12 bits per heavy atom. The van der Waals surface area contributed by atoms with Gasteiger partial charge in [-0.05, 0) is 37.0 Å². The van der Waals surface area contributed by atoms with E-state index in [-0.39, 0.29) is 0 Å². The molecule has 1 saturated carbocycles. The van der Waals surface area contributed by atoms with Gasteiger partial charge in [-0.3, -0.25) is 4.99 Å². The van der Waals surface area contributed by atoms with Crippen molar-refractivity contribution < 1.29 is 0 Å². The van der Waals surface area contributed by atoms with Gasteiger partial charge in [-0.1, -0.05) is 38.5 Å². The van der Waals surface area contributed by atoms with Gasteiger partial charge in [0, 0.05) is 18.8 Å². The summed E-state index contributed by atoms with van der Waals surface area (Å²) < 4.78 is 0. The second-order valence-electron chi connectivity index (χ2n) is 6.08. The number of aliphatic imine (C=N–C) groups is 1. The average molecular weight is 254 g/mol. The Labute approximate surface area is 110 Å². The lowest BCUT2D eigenvalue weighted by Crippen LogP contribution is -2.33. The highest BCUT2D eigenvalue weighted by Gasteiger charge is 2.36. The van der Waals surface area contributed by atoms with Gasteiger partial charge in [0.05, 0.1) is 0 Å². The van der Waals surface area contributed by atoms with E-state index in [0.29, 0.717) is 5.41 Å². The first-order valence-corrected chi connectivity index (χ1v) is 8.10. The molecule has 17 heavy (non-hydrogen) atoms. The number of nitrogens with zero attached hydrogens (tertiary/aromatic N) is 1. The summed E-state index contributed by atoms with van der Waals surface area (Å²) in [6, 6.07) is 0. The van der Waals surface area contributed by atoms with E-state index in [2.05, 4.69) is 19.2 Å². The zero-order chi connectivity index (χ0) is 12.1. The molecule has 0 aromatic rings. The van der Waals surface area contributed by atoms with Gasteiger partial charge >= 0.3 is 0 Å². The molecule has 0 unspecified atom stereocenters. The van der Waals surface area contributed by atoms with Gasteiger partial charge in [-0.25, -0.2) is 0 Å². The lowest BCUT2D eigenvalue weighted by molar-refractivity contribution is 0.358. The highest BCUT2D eigenvalue weighted by Crippen LogP contribution is 2.43. The smallest absolute Gasteiger partial charge is 0.156 e. The highest BCUT2D eigenvalue weighted by atomic mass is 32.2. The molecule has 1 aliphatic heterocycles. The van der Waals surface area contributed by atoms with Gasteiger partial charge in [0.1, 0.15) is 0 Å². The molecule has 1 fully saturated rings. The first-order chi connectivity index (χ1) is 8.20. The third-order valence-corrected chi connectivity index (χ3v) is 5.28. The summed E-state index contributed by atoms with van der Waals surface area (Å²) in [6.45, 7) is 6.75. The van der Waals surface area contributed by atoms with Crippen molar-refractivity contribution in [3.8, 4) is 0 Å². The predicted octanol–water partition coefficient (Wildman–Crippen LogP) is 3.68. The second kappa shape index (κ2) is 6.12. The Balaban J connectivity index is 1.68. The van der Waals surface area contributed by atoms with E-state index in [1.165, 1.54) is 49.4 Å². The summed E-state index contributed by atoms with van der Waals surface area (Å²) >= 11 is 1.96. The Bertz CT molecular complexity index is 267. The Morgan fingerprint density at radius 1 is 1.35 bits per heavy atom. The van der Waals surface area contributed by atoms with E-state index in [9.17, 15) is 0 Å². The van der Waals surface area contributed by atoms with Crippen LogP contribution in [0.25, 0.3) is 0 Å². The number of amidine groups is 1. The number of hydrogen-bond donors (Lipinski definition) is 1. The van der Waals surface area contributed by atoms with Crippen LogP contribution in [0, 0.1) is 11.3 Å². The fraction of sp³-hybridized carbons (Fsp3) is 0.929. The summed E-state index contributed by atoms with van der Waals surface area (Å²) in [6.07, 6.45) is 8.24. The van der Waals surface area contributed by atoms with Crippen LogP contribution < -0.4 is 5.32 Å². The molecule has 98 valence electrons. The van der Waals surface area contributed by atoms with Gasteiger partial charge in [-0.15, -0.1) is 0 Å². The number of hydrogen-bond acceptors (Lipinski definition) is 3. The van der Waals surface area contributed by atoms with E-state index >= 15 is 0 Å². The van der Waals surface area contributed by atoms with Gasteiger partial charge in [-0.2, -0.15) is 0 Å². The quantitative estimate of drug-likeness (QED) is 0.774. The molecule has 1 heterocycles. The maximum atomic E-state index is 4.75. The topological polar surface area (TPSA) is 24.4 Å². The first kappa shape index (κ1) is 13.3. The number of nitrogens with one attached hydrogen (secondary N) is 1. The fourth-order valence-corrected chi connectivity index (χ4v) is 3.98. The maximum Gasteiger partial charge on any atom is 0.156 e. The minimum atomic E-state index is 0.577. The Morgan fingerprint density at radius 3 is 2.71 bits per heavy atom. The van der Waals surface area contributed by atoms with Crippen molar-refractivity contribution in [3.63, 3.8) is 0 Å². The summed E-state index contributed by atoms with van der Waals surface area (Å²) in [7, 11) is 0. The van der Waals surface area contributed by atoms with Crippen molar-refractivity contribution in [2.24, 2.45) is 16.3 Å². The molecule has 2 aliphatic rings. The molecule has 0 saturated heterocycles. The van der Waals surface area contributed by atoms with Crippen molar-refractivity contribution in [1.82, 2.24) is 5.32 Å². The van der Waals surface area contributed by atoms with Crippen LogP contribution in [0.2, 0.25) is 0 Å². The summed E-state index contributed by atoms with van der Waals surface area (Å²) in [5.74, 6) is 2.11. The Hall–Kier alpha value is -0.180. The number of thioether (sulfide) groups is 1. The number of rotatable bonds is 4. The average Bonchev–Trinajstić information content (AvgIpc) is 2.75. The van der Waals surface area contributed by atoms with E-state index in [1.54, 1.807) is 0 Å². The summed E-state index contributed by atoms with van der Waals surface area (Å²) in [5.41, 5.74) is 0.577. The zero-order valence-electron chi connectivity index (χ0n) is 11.3. The van der Waals surface area contributed by atoms with Crippen LogP contribution in [-0.4, -0.2) is 24.0 Å². The van der Waals surface area contributed by atoms with Crippen LogP contribution in [-0.2, 0) is 0 Å². The third kappa shape index (κ3) is 3.90. The van der Waals surface area contributed by atoms with Gasteiger partial charge in [0.25, 0.3) is 0 Å². The molecular weight excluding hydrogens is 228 g/mol. The molecule has 0 amide bonds. The molecule has 2 rings (SSSR count). The Kier molecular flexibility index (Phi) is 4.78. The molecule has 0 radical (unpaired) electrons. The normalized spacial score (nSPS) is 23.1. The van der Waals surface area contributed by atoms with Crippen LogP contribution in [0.3, 0.4) is 0 Å². The van der Waals surface area contributed by atoms with E-state index < -0.39 is 0 Å². The molecule has 2 nitrogen and oxygen atoms in total.